The maximum absolute atomic E-state index is 13.5. The second-order valence-electron chi connectivity index (χ2n) is 4.63. The number of thioether (sulfide) groups is 1. The van der Waals surface area contributed by atoms with Crippen molar-refractivity contribution in [2.45, 2.75) is 32.4 Å². The lowest BCUT2D eigenvalue weighted by atomic mass is 10.1. The van der Waals surface area contributed by atoms with Crippen LogP contribution in [0.5, 0.6) is 0 Å². The standard InChI is InChI=1S/C14H21FN2OS/c1-9-4-5-11(8-12(9)15)10(2)17-14(18)13(16)6-7-19-3/h4-5,8,10,13H,6-7,16H2,1-3H3,(H,17,18)/t10?,13-/m0/s1. The lowest BCUT2D eigenvalue weighted by molar-refractivity contribution is -0.123. The molecule has 0 fully saturated rings. The van der Waals surface area contributed by atoms with Gasteiger partial charge in [0.25, 0.3) is 0 Å². The fourth-order valence-electron chi connectivity index (χ4n) is 1.66. The van der Waals surface area contributed by atoms with Gasteiger partial charge in [0.05, 0.1) is 12.1 Å². The smallest absolute Gasteiger partial charge is 0.237 e. The van der Waals surface area contributed by atoms with E-state index in [4.69, 9.17) is 5.73 Å². The molecule has 0 aliphatic rings. The number of hydrogen-bond acceptors (Lipinski definition) is 3. The molecule has 5 heteroatoms. The van der Waals surface area contributed by atoms with Crippen LogP contribution < -0.4 is 11.1 Å². The third-order valence-corrected chi connectivity index (χ3v) is 3.67. The van der Waals surface area contributed by atoms with Crippen molar-refractivity contribution in [2.75, 3.05) is 12.0 Å². The molecule has 3 nitrogen and oxygen atoms in total. The summed E-state index contributed by atoms with van der Waals surface area (Å²) < 4.78 is 13.5. The zero-order chi connectivity index (χ0) is 14.4. The molecule has 0 aliphatic carbocycles. The minimum atomic E-state index is -0.509. The Balaban J connectivity index is 2.60. The lowest BCUT2D eigenvalue weighted by Crippen LogP contribution is -2.41. The molecule has 106 valence electrons. The predicted molar refractivity (Wildman–Crippen MR) is 78.7 cm³/mol. The molecule has 1 amide bonds. The average Bonchev–Trinajstić information content (AvgIpc) is 2.38. The van der Waals surface area contributed by atoms with Crippen molar-refractivity contribution in [3.63, 3.8) is 0 Å². The predicted octanol–water partition coefficient (Wildman–Crippen LogP) is 2.39. The van der Waals surface area contributed by atoms with E-state index in [0.717, 1.165) is 11.3 Å². The molecule has 0 radical (unpaired) electrons. The van der Waals surface area contributed by atoms with Crippen molar-refractivity contribution in [3.05, 3.63) is 35.1 Å². The van der Waals surface area contributed by atoms with Crippen molar-refractivity contribution in [3.8, 4) is 0 Å². The van der Waals surface area contributed by atoms with Gasteiger partial charge in [-0.25, -0.2) is 4.39 Å². The van der Waals surface area contributed by atoms with Gasteiger partial charge in [0.2, 0.25) is 5.91 Å². The number of halogens is 1. The summed E-state index contributed by atoms with van der Waals surface area (Å²) >= 11 is 1.66. The van der Waals surface area contributed by atoms with Gasteiger partial charge in [-0.05, 0) is 49.5 Å². The van der Waals surface area contributed by atoms with Crippen molar-refractivity contribution >= 4 is 17.7 Å². The Morgan fingerprint density at radius 2 is 2.21 bits per heavy atom. The van der Waals surface area contributed by atoms with Crippen molar-refractivity contribution in [2.24, 2.45) is 5.73 Å². The highest BCUT2D eigenvalue weighted by Crippen LogP contribution is 2.16. The maximum Gasteiger partial charge on any atom is 0.237 e. The van der Waals surface area contributed by atoms with E-state index in [1.807, 2.05) is 19.2 Å². The Labute approximate surface area is 118 Å². The summed E-state index contributed by atoms with van der Waals surface area (Å²) in [6.07, 6.45) is 2.62. The van der Waals surface area contributed by atoms with Gasteiger partial charge < -0.3 is 11.1 Å². The molecular weight excluding hydrogens is 263 g/mol. The molecule has 1 aromatic rings. The van der Waals surface area contributed by atoms with Crippen LogP contribution in [0.3, 0.4) is 0 Å². The summed E-state index contributed by atoms with van der Waals surface area (Å²) in [4.78, 5) is 11.8. The molecule has 0 bridgehead atoms. The van der Waals surface area contributed by atoms with Gasteiger partial charge in [0, 0.05) is 0 Å². The number of rotatable bonds is 6. The first-order valence-electron chi connectivity index (χ1n) is 6.26. The topological polar surface area (TPSA) is 55.1 Å². The quantitative estimate of drug-likeness (QED) is 0.843. The van der Waals surface area contributed by atoms with Gasteiger partial charge in [0.1, 0.15) is 5.82 Å². The molecule has 2 atom stereocenters. The van der Waals surface area contributed by atoms with Crippen LogP contribution in [0.15, 0.2) is 18.2 Å². The minimum Gasteiger partial charge on any atom is -0.348 e. The summed E-state index contributed by atoms with van der Waals surface area (Å²) in [5, 5.41) is 2.81. The second kappa shape index (κ2) is 7.50. The molecule has 0 aliphatic heterocycles. The summed E-state index contributed by atoms with van der Waals surface area (Å²) in [5.74, 6) is 0.398. The number of carbonyl (C=O) groups is 1. The Bertz CT molecular complexity index is 439. The number of carbonyl (C=O) groups excluding carboxylic acids is 1. The molecule has 3 N–H and O–H groups in total. The molecule has 19 heavy (non-hydrogen) atoms. The van der Waals surface area contributed by atoms with Gasteiger partial charge in [-0.15, -0.1) is 0 Å². The van der Waals surface area contributed by atoms with E-state index in [0.29, 0.717) is 12.0 Å². The molecule has 0 saturated heterocycles. The fraction of sp³-hybridized carbons (Fsp3) is 0.500. The van der Waals surface area contributed by atoms with E-state index in [9.17, 15) is 9.18 Å². The first-order chi connectivity index (χ1) is 8.95. The minimum absolute atomic E-state index is 0.192. The van der Waals surface area contributed by atoms with Crippen LogP contribution >= 0.6 is 11.8 Å². The molecule has 0 aromatic heterocycles. The fourth-order valence-corrected chi connectivity index (χ4v) is 2.15. The van der Waals surface area contributed by atoms with Crippen LogP contribution in [0.1, 0.15) is 30.5 Å². The van der Waals surface area contributed by atoms with Crippen molar-refractivity contribution in [1.29, 1.82) is 0 Å². The maximum atomic E-state index is 13.5. The van der Waals surface area contributed by atoms with Crippen molar-refractivity contribution in [1.82, 2.24) is 5.32 Å². The second-order valence-corrected chi connectivity index (χ2v) is 5.61. The van der Waals surface area contributed by atoms with E-state index >= 15 is 0 Å². The van der Waals surface area contributed by atoms with Crippen LogP contribution in [-0.2, 0) is 4.79 Å². The van der Waals surface area contributed by atoms with E-state index in [1.165, 1.54) is 6.07 Å². The molecule has 1 unspecified atom stereocenters. The molecule has 0 spiro atoms. The van der Waals surface area contributed by atoms with E-state index in [1.54, 1.807) is 24.8 Å². The number of nitrogens with one attached hydrogen (secondary N) is 1. The number of aryl methyl sites for hydroxylation is 1. The summed E-state index contributed by atoms with van der Waals surface area (Å²) in [5.41, 5.74) is 7.12. The zero-order valence-corrected chi connectivity index (χ0v) is 12.4. The Kier molecular flexibility index (Phi) is 6.31. The number of benzene rings is 1. The molecule has 1 aromatic carbocycles. The summed E-state index contributed by atoms with van der Waals surface area (Å²) in [6, 6.07) is 4.22. The Morgan fingerprint density at radius 1 is 1.53 bits per heavy atom. The first-order valence-corrected chi connectivity index (χ1v) is 7.66. The average molecular weight is 284 g/mol. The highest BCUT2D eigenvalue weighted by Gasteiger charge is 2.16. The highest BCUT2D eigenvalue weighted by molar-refractivity contribution is 7.98. The van der Waals surface area contributed by atoms with Crippen LogP contribution in [-0.4, -0.2) is 24.0 Å². The summed E-state index contributed by atoms with van der Waals surface area (Å²) in [6.45, 7) is 3.53. The van der Waals surface area contributed by atoms with Gasteiger partial charge >= 0.3 is 0 Å². The molecular formula is C14H21FN2OS. The molecule has 1 rings (SSSR count). The third kappa shape index (κ3) is 4.84. The van der Waals surface area contributed by atoms with Crippen LogP contribution in [0.2, 0.25) is 0 Å². The van der Waals surface area contributed by atoms with Crippen molar-refractivity contribution < 1.29 is 9.18 Å². The zero-order valence-electron chi connectivity index (χ0n) is 11.6. The highest BCUT2D eigenvalue weighted by atomic mass is 32.2. The molecule has 0 heterocycles. The van der Waals surface area contributed by atoms with Gasteiger partial charge in [-0.2, -0.15) is 11.8 Å². The van der Waals surface area contributed by atoms with Gasteiger partial charge in [-0.1, -0.05) is 12.1 Å². The Morgan fingerprint density at radius 3 is 2.79 bits per heavy atom. The van der Waals surface area contributed by atoms with Crippen LogP contribution in [0.25, 0.3) is 0 Å². The summed E-state index contributed by atoms with van der Waals surface area (Å²) in [7, 11) is 0. The first kappa shape index (κ1) is 16.0. The number of hydrogen-bond donors (Lipinski definition) is 2. The lowest BCUT2D eigenvalue weighted by Gasteiger charge is -2.18. The van der Waals surface area contributed by atoms with Gasteiger partial charge in [0.15, 0.2) is 0 Å². The van der Waals surface area contributed by atoms with E-state index in [2.05, 4.69) is 5.32 Å². The van der Waals surface area contributed by atoms with Gasteiger partial charge in [-0.3, -0.25) is 4.79 Å². The number of nitrogens with two attached hydrogens (primary N) is 1. The monoisotopic (exact) mass is 284 g/mol. The van der Waals surface area contributed by atoms with Crippen LogP contribution in [0.4, 0.5) is 4.39 Å². The Hall–Kier alpha value is -1.07. The number of amides is 1. The van der Waals surface area contributed by atoms with E-state index in [-0.39, 0.29) is 17.8 Å². The normalized spacial score (nSPS) is 13.9. The molecule has 0 saturated carbocycles. The largest absolute Gasteiger partial charge is 0.348 e. The van der Waals surface area contributed by atoms with E-state index < -0.39 is 6.04 Å². The SMILES string of the molecule is CSCC[C@H](N)C(=O)NC(C)c1ccc(C)c(F)c1. The third-order valence-electron chi connectivity index (χ3n) is 3.02. The van der Waals surface area contributed by atoms with Crippen LogP contribution in [0, 0.1) is 12.7 Å².